The van der Waals surface area contributed by atoms with Gasteiger partial charge in [-0.3, -0.25) is 19.0 Å². The number of ether oxygens (including phenoxy) is 1. The summed E-state index contributed by atoms with van der Waals surface area (Å²) in [5.74, 6) is -0.975. The molecule has 3 fully saturated rings. The highest BCUT2D eigenvalue weighted by molar-refractivity contribution is 5.97. The van der Waals surface area contributed by atoms with Crippen LogP contribution in [0.3, 0.4) is 0 Å². The number of carbonyl (C=O) groups is 2. The van der Waals surface area contributed by atoms with Gasteiger partial charge in [0, 0.05) is 37.3 Å². The molecule has 2 saturated heterocycles. The molecule has 2 aromatic rings. The van der Waals surface area contributed by atoms with Crippen LogP contribution >= 0.6 is 0 Å². The van der Waals surface area contributed by atoms with Crippen LogP contribution in [-0.2, 0) is 16.1 Å². The molecule has 0 aromatic carbocycles. The molecule has 2 N–H and O–H groups in total. The van der Waals surface area contributed by atoms with Crippen molar-refractivity contribution in [2.45, 2.75) is 71.2 Å². The number of fused-ring (bicyclic) bond motifs is 3. The molecule has 2 aliphatic heterocycles. The fourth-order valence-electron chi connectivity index (χ4n) is 4.84. The van der Waals surface area contributed by atoms with Crippen LogP contribution in [0, 0.1) is 12.8 Å². The van der Waals surface area contributed by atoms with Crippen molar-refractivity contribution in [2.75, 3.05) is 13.1 Å². The third kappa shape index (κ3) is 4.11. The molecule has 2 aromatic heterocycles. The predicted octanol–water partition coefficient (Wildman–Crippen LogP) is 1.46. The monoisotopic (exact) mass is 469 g/mol. The predicted molar refractivity (Wildman–Crippen MR) is 125 cm³/mol. The first-order valence-corrected chi connectivity index (χ1v) is 12.0. The molecular formula is C24H31N5O5. The van der Waals surface area contributed by atoms with Crippen molar-refractivity contribution in [3.63, 3.8) is 0 Å². The Morgan fingerprint density at radius 3 is 2.50 bits per heavy atom. The van der Waals surface area contributed by atoms with Gasteiger partial charge in [0.2, 0.25) is 11.8 Å². The molecule has 10 heteroatoms. The van der Waals surface area contributed by atoms with Gasteiger partial charge in [-0.15, -0.1) is 0 Å². The van der Waals surface area contributed by atoms with Gasteiger partial charge < -0.3 is 20.1 Å². The first-order chi connectivity index (χ1) is 16.2. The zero-order chi connectivity index (χ0) is 24.1. The lowest BCUT2D eigenvalue weighted by Crippen LogP contribution is -2.45. The molecule has 182 valence electrons. The van der Waals surface area contributed by atoms with E-state index < -0.39 is 11.5 Å². The fraction of sp³-hybridized carbons (Fsp3) is 0.583. The van der Waals surface area contributed by atoms with Gasteiger partial charge in [0.25, 0.3) is 11.5 Å². The highest BCUT2D eigenvalue weighted by Crippen LogP contribution is 2.28. The second-order valence-electron chi connectivity index (χ2n) is 10.0. The van der Waals surface area contributed by atoms with Crippen LogP contribution in [0.4, 0.5) is 0 Å². The maximum absolute atomic E-state index is 13.2. The summed E-state index contributed by atoms with van der Waals surface area (Å²) in [6, 6.07) is 0.0415. The average Bonchev–Trinajstić information content (AvgIpc) is 3.44. The van der Waals surface area contributed by atoms with Crippen LogP contribution in [0.5, 0.6) is 5.88 Å². The molecule has 4 heterocycles. The summed E-state index contributed by atoms with van der Waals surface area (Å²) < 4.78 is 8.53. The topological polar surface area (TPSA) is 118 Å². The Hall–Kier alpha value is -3.14. The van der Waals surface area contributed by atoms with Gasteiger partial charge in [0.1, 0.15) is 5.65 Å². The number of likely N-dealkylation sites (tertiary alicyclic amines) is 1. The summed E-state index contributed by atoms with van der Waals surface area (Å²) >= 11 is 0. The molecule has 1 aliphatic carbocycles. The number of hydrogen-bond donors (Lipinski definition) is 2. The molecule has 10 nitrogen and oxygen atoms in total. The van der Waals surface area contributed by atoms with Gasteiger partial charge in [-0.1, -0.05) is 13.8 Å². The zero-order valence-electron chi connectivity index (χ0n) is 19.8. The molecule has 2 unspecified atom stereocenters. The molecule has 3 aliphatic rings. The van der Waals surface area contributed by atoms with Gasteiger partial charge in [0.05, 0.1) is 17.9 Å². The van der Waals surface area contributed by atoms with Gasteiger partial charge in [-0.25, -0.2) is 0 Å². The molecule has 2 amide bonds. The van der Waals surface area contributed by atoms with E-state index in [1.165, 1.54) is 10.6 Å². The largest absolute Gasteiger partial charge is 0.494 e. The van der Waals surface area contributed by atoms with Crippen molar-refractivity contribution in [2.24, 2.45) is 5.92 Å². The van der Waals surface area contributed by atoms with E-state index in [2.05, 4.69) is 10.4 Å². The van der Waals surface area contributed by atoms with Gasteiger partial charge in [-0.2, -0.15) is 9.61 Å². The van der Waals surface area contributed by atoms with Crippen molar-refractivity contribution >= 4 is 23.5 Å². The van der Waals surface area contributed by atoms with E-state index in [0.29, 0.717) is 36.5 Å². The SMILES string of the molecule is Cc1nn2c(=O)c(C(=O)NC3CC3)c(O)n(CC(C)C)c2c1/C=C/C(=O)N1CC2CCC(C1)O2. The highest BCUT2D eigenvalue weighted by atomic mass is 16.5. The summed E-state index contributed by atoms with van der Waals surface area (Å²) in [5.41, 5.74) is 0.469. The second-order valence-corrected chi connectivity index (χ2v) is 10.0. The van der Waals surface area contributed by atoms with Gasteiger partial charge >= 0.3 is 0 Å². The van der Waals surface area contributed by atoms with Crippen LogP contribution in [0.25, 0.3) is 11.7 Å². The smallest absolute Gasteiger partial charge is 0.291 e. The first kappa shape index (κ1) is 22.6. The lowest BCUT2D eigenvalue weighted by molar-refractivity contribution is -0.134. The first-order valence-electron chi connectivity index (χ1n) is 12.0. The summed E-state index contributed by atoms with van der Waals surface area (Å²) in [6.07, 6.45) is 7.02. The Labute approximate surface area is 197 Å². The number of morpholine rings is 1. The van der Waals surface area contributed by atoms with E-state index in [4.69, 9.17) is 4.74 Å². The number of hydrogen-bond acceptors (Lipinski definition) is 6. The van der Waals surface area contributed by atoms with Gasteiger partial charge in [-0.05, 0) is 44.6 Å². The van der Waals surface area contributed by atoms with E-state index in [9.17, 15) is 19.5 Å². The number of nitrogens with zero attached hydrogens (tertiary/aromatic N) is 4. The number of amides is 2. The van der Waals surface area contributed by atoms with Crippen LogP contribution in [0.1, 0.15) is 61.1 Å². The lowest BCUT2D eigenvalue weighted by Gasteiger charge is -2.31. The normalized spacial score (nSPS) is 22.3. The van der Waals surface area contributed by atoms with Crippen molar-refractivity contribution < 1.29 is 19.4 Å². The van der Waals surface area contributed by atoms with E-state index in [1.54, 1.807) is 22.5 Å². The third-order valence-electron chi connectivity index (χ3n) is 6.66. The minimum atomic E-state index is -0.676. The second kappa shape index (κ2) is 8.57. The maximum Gasteiger partial charge on any atom is 0.291 e. The average molecular weight is 470 g/mol. The Morgan fingerprint density at radius 2 is 1.88 bits per heavy atom. The van der Waals surface area contributed by atoms with Crippen molar-refractivity contribution in [1.82, 2.24) is 24.4 Å². The molecular weight excluding hydrogens is 438 g/mol. The number of rotatable bonds is 6. The molecule has 0 spiro atoms. The Morgan fingerprint density at radius 1 is 1.21 bits per heavy atom. The Bertz CT molecular complexity index is 1230. The number of aromatic hydroxyl groups is 1. The summed E-state index contributed by atoms with van der Waals surface area (Å²) in [7, 11) is 0. The zero-order valence-corrected chi connectivity index (χ0v) is 19.8. The minimum Gasteiger partial charge on any atom is -0.494 e. The molecule has 0 radical (unpaired) electrons. The maximum atomic E-state index is 13.2. The van der Waals surface area contributed by atoms with E-state index in [1.807, 2.05) is 13.8 Å². The molecule has 5 rings (SSSR count). The quantitative estimate of drug-likeness (QED) is 0.619. The van der Waals surface area contributed by atoms with E-state index in [0.717, 1.165) is 25.7 Å². The van der Waals surface area contributed by atoms with Crippen LogP contribution in [0.15, 0.2) is 10.9 Å². The fourth-order valence-corrected chi connectivity index (χ4v) is 4.84. The van der Waals surface area contributed by atoms with E-state index in [-0.39, 0.29) is 41.5 Å². The number of aromatic nitrogens is 3. The standard InChI is InChI=1S/C24H31N5O5/c1-13(2)10-28-22-18(8-9-19(30)27-11-16-6-7-17(12-27)34-16)14(3)26-29(22)24(33)20(23(28)32)21(31)25-15-4-5-15/h8-9,13,15-17,32H,4-7,10-12H2,1-3H3,(H,25,31)/b9-8+. The number of carbonyl (C=O) groups excluding carboxylic acids is 2. The van der Waals surface area contributed by atoms with Crippen LogP contribution < -0.4 is 10.9 Å². The number of aryl methyl sites for hydroxylation is 1. The Balaban J connectivity index is 1.55. The lowest BCUT2D eigenvalue weighted by atomic mass is 10.1. The Kier molecular flexibility index (Phi) is 5.71. The minimum absolute atomic E-state index is 0.0415. The van der Waals surface area contributed by atoms with Gasteiger partial charge in [0.15, 0.2) is 5.56 Å². The van der Waals surface area contributed by atoms with Crippen LogP contribution in [-0.4, -0.2) is 67.3 Å². The third-order valence-corrected chi connectivity index (χ3v) is 6.66. The summed E-state index contributed by atoms with van der Waals surface area (Å²) in [6.45, 7) is 7.22. The summed E-state index contributed by atoms with van der Waals surface area (Å²) in [5, 5.41) is 18.2. The van der Waals surface area contributed by atoms with Crippen molar-refractivity contribution in [1.29, 1.82) is 0 Å². The highest BCUT2D eigenvalue weighted by Gasteiger charge is 2.35. The molecule has 2 atom stereocenters. The molecule has 2 bridgehead atoms. The van der Waals surface area contributed by atoms with Crippen LogP contribution in [0.2, 0.25) is 0 Å². The van der Waals surface area contributed by atoms with E-state index >= 15 is 0 Å². The molecule has 34 heavy (non-hydrogen) atoms. The molecule has 1 saturated carbocycles. The van der Waals surface area contributed by atoms with Crippen molar-refractivity contribution in [3.05, 3.63) is 33.3 Å². The number of nitrogens with one attached hydrogen (secondary N) is 1. The van der Waals surface area contributed by atoms with Crippen molar-refractivity contribution in [3.8, 4) is 5.88 Å². The summed E-state index contributed by atoms with van der Waals surface area (Å²) in [4.78, 5) is 40.7.